The molecule has 2 N–H and O–H groups in total. The first-order valence-electron chi connectivity index (χ1n) is 12.8. The summed E-state index contributed by atoms with van der Waals surface area (Å²) >= 11 is 0. The third-order valence-electron chi connectivity index (χ3n) is 7.31. The standard InChI is InChI=1S/C30H31F3N2O4/c1-39-24-9-10-27-26(18-24)25(12-14-34-27)28(36)11-6-21-13-16-35(19-22(21)17-29(37)38)15-2-3-20-4-7-23(8-5-20)30(31,32)33/h4-5,7-10,12,14,18,21-22,28,36H,6,11,13,15-17,19H2,1H3,(H,37,38)/t21-,22+,28?/m1/s1. The smallest absolute Gasteiger partial charge is 0.416 e. The van der Waals surface area contributed by atoms with Crippen LogP contribution in [0.4, 0.5) is 13.2 Å². The molecular formula is C30H31F3N2O4. The number of alkyl halides is 3. The molecule has 0 bridgehead atoms. The summed E-state index contributed by atoms with van der Waals surface area (Å²) in [7, 11) is 1.59. The van der Waals surface area contributed by atoms with Gasteiger partial charge in [0.05, 0.1) is 30.8 Å². The van der Waals surface area contributed by atoms with Gasteiger partial charge >= 0.3 is 12.1 Å². The van der Waals surface area contributed by atoms with E-state index in [1.165, 1.54) is 12.1 Å². The van der Waals surface area contributed by atoms with E-state index < -0.39 is 23.8 Å². The number of hydrogen-bond acceptors (Lipinski definition) is 5. The third kappa shape index (κ3) is 7.49. The summed E-state index contributed by atoms with van der Waals surface area (Å²) in [4.78, 5) is 18.0. The molecule has 0 amide bonds. The monoisotopic (exact) mass is 540 g/mol. The van der Waals surface area contributed by atoms with Gasteiger partial charge in [-0.05, 0) is 91.7 Å². The van der Waals surface area contributed by atoms with Crippen LogP contribution in [0.5, 0.6) is 5.75 Å². The van der Waals surface area contributed by atoms with E-state index in [4.69, 9.17) is 4.74 Å². The summed E-state index contributed by atoms with van der Waals surface area (Å²) in [5, 5.41) is 21.4. The van der Waals surface area contributed by atoms with E-state index in [0.29, 0.717) is 37.2 Å². The van der Waals surface area contributed by atoms with Crippen molar-refractivity contribution in [3.63, 3.8) is 0 Å². The number of benzene rings is 2. The highest BCUT2D eigenvalue weighted by molar-refractivity contribution is 5.83. The Balaban J connectivity index is 1.37. The number of fused-ring (bicyclic) bond motifs is 1. The van der Waals surface area contributed by atoms with Gasteiger partial charge in [0, 0.05) is 30.1 Å². The van der Waals surface area contributed by atoms with E-state index in [1.54, 1.807) is 19.4 Å². The number of hydrogen-bond donors (Lipinski definition) is 2. The fourth-order valence-corrected chi connectivity index (χ4v) is 5.22. The van der Waals surface area contributed by atoms with Crippen molar-refractivity contribution in [2.45, 2.75) is 38.0 Å². The molecule has 0 aliphatic carbocycles. The molecule has 4 rings (SSSR count). The normalized spacial score (nSPS) is 18.8. The quantitative estimate of drug-likeness (QED) is 0.365. The summed E-state index contributed by atoms with van der Waals surface area (Å²) in [5.41, 5.74) is 1.32. The van der Waals surface area contributed by atoms with Crippen molar-refractivity contribution in [3.05, 3.63) is 71.4 Å². The number of aliphatic carboxylic acids is 1. The van der Waals surface area contributed by atoms with Crippen LogP contribution in [-0.4, -0.2) is 52.8 Å². The van der Waals surface area contributed by atoms with Crippen molar-refractivity contribution in [1.82, 2.24) is 9.88 Å². The Bertz CT molecular complexity index is 1350. The molecule has 2 aromatic carbocycles. The highest BCUT2D eigenvalue weighted by Gasteiger charge is 2.31. The van der Waals surface area contributed by atoms with Crippen molar-refractivity contribution < 1.29 is 32.9 Å². The van der Waals surface area contributed by atoms with E-state index in [9.17, 15) is 28.2 Å². The summed E-state index contributed by atoms with van der Waals surface area (Å²) in [5.74, 6) is 5.76. The second-order valence-corrected chi connectivity index (χ2v) is 9.90. The fraction of sp³-hybridized carbons (Fsp3) is 0.400. The predicted octanol–water partition coefficient (Wildman–Crippen LogP) is 5.54. The molecule has 0 spiro atoms. The number of piperidine rings is 1. The number of rotatable bonds is 8. The molecule has 3 atom stereocenters. The predicted molar refractivity (Wildman–Crippen MR) is 141 cm³/mol. The van der Waals surface area contributed by atoms with E-state index in [1.807, 2.05) is 18.2 Å². The lowest BCUT2D eigenvalue weighted by Gasteiger charge is -2.37. The number of pyridine rings is 1. The maximum Gasteiger partial charge on any atom is 0.416 e. The first kappa shape index (κ1) is 28.4. The van der Waals surface area contributed by atoms with E-state index in [-0.39, 0.29) is 18.3 Å². The van der Waals surface area contributed by atoms with Crippen LogP contribution in [0.2, 0.25) is 0 Å². The molecule has 1 aromatic heterocycles. The average Bonchev–Trinajstić information content (AvgIpc) is 2.91. The SMILES string of the molecule is COc1ccc2nccc(C(O)CC[C@@H]3CCN(CC#Cc4ccc(C(F)(F)F)cc4)C[C@@H]3CC(=O)O)c2c1. The molecule has 9 heteroatoms. The second-order valence-electron chi connectivity index (χ2n) is 9.90. The van der Waals surface area contributed by atoms with Gasteiger partial charge in [-0.2, -0.15) is 13.2 Å². The van der Waals surface area contributed by atoms with Gasteiger partial charge in [-0.1, -0.05) is 11.8 Å². The Morgan fingerprint density at radius 1 is 1.18 bits per heavy atom. The van der Waals surface area contributed by atoms with E-state index in [2.05, 4.69) is 21.7 Å². The fourth-order valence-electron chi connectivity index (χ4n) is 5.22. The Kier molecular flexibility index (Phi) is 9.10. The molecule has 0 saturated carbocycles. The van der Waals surface area contributed by atoms with Gasteiger partial charge in [0.2, 0.25) is 0 Å². The summed E-state index contributed by atoms with van der Waals surface area (Å²) in [6.07, 6.45) is -1.46. The lowest BCUT2D eigenvalue weighted by molar-refractivity contribution is -0.139. The van der Waals surface area contributed by atoms with Crippen LogP contribution in [0.1, 0.15) is 48.5 Å². The van der Waals surface area contributed by atoms with Gasteiger partial charge < -0.3 is 14.9 Å². The third-order valence-corrected chi connectivity index (χ3v) is 7.31. The highest BCUT2D eigenvalue weighted by Crippen LogP contribution is 2.35. The van der Waals surface area contributed by atoms with Gasteiger partial charge in [-0.3, -0.25) is 14.7 Å². The van der Waals surface area contributed by atoms with Crippen LogP contribution in [0.15, 0.2) is 54.7 Å². The minimum Gasteiger partial charge on any atom is -0.497 e. The van der Waals surface area contributed by atoms with Crippen LogP contribution < -0.4 is 4.74 Å². The molecule has 206 valence electrons. The lowest BCUT2D eigenvalue weighted by atomic mass is 9.79. The molecule has 39 heavy (non-hydrogen) atoms. The zero-order valence-electron chi connectivity index (χ0n) is 21.6. The molecule has 0 radical (unpaired) electrons. The maximum absolute atomic E-state index is 12.7. The number of halogens is 3. The van der Waals surface area contributed by atoms with Crippen molar-refractivity contribution in [1.29, 1.82) is 0 Å². The van der Waals surface area contributed by atoms with Crippen LogP contribution >= 0.6 is 0 Å². The molecule has 1 fully saturated rings. The molecule has 1 saturated heterocycles. The summed E-state index contributed by atoms with van der Waals surface area (Å²) in [6, 6.07) is 12.1. The number of aromatic nitrogens is 1. The number of carboxylic acid groups (broad SMARTS) is 1. The molecule has 6 nitrogen and oxygen atoms in total. The average molecular weight is 541 g/mol. The van der Waals surface area contributed by atoms with Gasteiger partial charge in [0.1, 0.15) is 5.75 Å². The Hall–Kier alpha value is -3.61. The van der Waals surface area contributed by atoms with E-state index >= 15 is 0 Å². The Labute approximate surface area is 225 Å². The largest absolute Gasteiger partial charge is 0.497 e. The first-order valence-corrected chi connectivity index (χ1v) is 12.8. The van der Waals surface area contributed by atoms with E-state index in [0.717, 1.165) is 41.6 Å². The molecule has 2 heterocycles. The van der Waals surface area contributed by atoms with Crippen molar-refractivity contribution in [2.75, 3.05) is 26.7 Å². The van der Waals surface area contributed by atoms with Crippen LogP contribution in [-0.2, 0) is 11.0 Å². The summed E-state index contributed by atoms with van der Waals surface area (Å²) in [6.45, 7) is 1.69. The molecular weight excluding hydrogens is 509 g/mol. The van der Waals surface area contributed by atoms with Crippen molar-refractivity contribution in [3.8, 4) is 17.6 Å². The minimum atomic E-state index is -4.38. The van der Waals surface area contributed by atoms with Crippen molar-refractivity contribution >= 4 is 16.9 Å². The summed E-state index contributed by atoms with van der Waals surface area (Å²) < 4.78 is 43.6. The number of carbonyl (C=O) groups is 1. The van der Waals surface area contributed by atoms with Crippen LogP contribution in [0.25, 0.3) is 10.9 Å². The van der Waals surface area contributed by atoms with Gasteiger partial charge in [0.25, 0.3) is 0 Å². The highest BCUT2D eigenvalue weighted by atomic mass is 19.4. The van der Waals surface area contributed by atoms with Gasteiger partial charge in [-0.15, -0.1) is 0 Å². The number of aliphatic hydroxyl groups is 1. The number of likely N-dealkylation sites (tertiary alicyclic amines) is 1. The first-order chi connectivity index (χ1) is 18.6. The minimum absolute atomic E-state index is 0.0268. The topological polar surface area (TPSA) is 82.9 Å². The van der Waals surface area contributed by atoms with Gasteiger partial charge in [0.15, 0.2) is 0 Å². The molecule has 3 aromatic rings. The number of methoxy groups -OCH3 is 1. The maximum atomic E-state index is 12.7. The molecule has 1 unspecified atom stereocenters. The Morgan fingerprint density at radius 3 is 2.64 bits per heavy atom. The zero-order valence-corrected chi connectivity index (χ0v) is 21.6. The number of carboxylic acids is 1. The molecule has 1 aliphatic rings. The second kappa shape index (κ2) is 12.5. The van der Waals surface area contributed by atoms with Crippen LogP contribution in [0.3, 0.4) is 0 Å². The zero-order chi connectivity index (χ0) is 28.0. The van der Waals surface area contributed by atoms with Gasteiger partial charge in [-0.25, -0.2) is 0 Å². The number of aliphatic hydroxyl groups excluding tert-OH is 1. The lowest BCUT2D eigenvalue weighted by Crippen LogP contribution is -2.41. The molecule has 1 aliphatic heterocycles. The van der Waals surface area contributed by atoms with Crippen LogP contribution in [0, 0.1) is 23.7 Å². The number of ether oxygens (including phenoxy) is 1. The Morgan fingerprint density at radius 2 is 1.95 bits per heavy atom. The van der Waals surface area contributed by atoms with Crippen molar-refractivity contribution in [2.24, 2.45) is 11.8 Å². The number of nitrogens with zero attached hydrogens (tertiary/aromatic N) is 2.